The Morgan fingerprint density at radius 2 is 1.65 bits per heavy atom. The second-order valence-corrected chi connectivity index (χ2v) is 6.66. The molecule has 0 aliphatic heterocycles. The highest BCUT2D eigenvalue weighted by Crippen LogP contribution is 2.24. The van der Waals surface area contributed by atoms with E-state index in [0.29, 0.717) is 13.2 Å². The third-order valence-corrected chi connectivity index (χ3v) is 4.48. The summed E-state index contributed by atoms with van der Waals surface area (Å²) in [6.07, 6.45) is 2.52. The van der Waals surface area contributed by atoms with E-state index in [1.807, 2.05) is 54.6 Å². The highest BCUT2D eigenvalue weighted by Gasteiger charge is 2.07. The Hall–Kier alpha value is -2.40. The van der Waals surface area contributed by atoms with Gasteiger partial charge in [0.1, 0.15) is 11.5 Å². The molecule has 4 nitrogen and oxygen atoms in total. The zero-order chi connectivity index (χ0) is 18.0. The molecule has 0 fully saturated rings. The number of aromatic nitrogens is 1. The first-order valence-corrected chi connectivity index (χ1v) is 9.73. The molecular weight excluding hydrogens is 346 g/mol. The van der Waals surface area contributed by atoms with Crippen LogP contribution in [0.2, 0.25) is 0 Å². The molecule has 0 spiro atoms. The molecule has 0 bridgehead atoms. The van der Waals surface area contributed by atoms with Crippen molar-refractivity contribution >= 4 is 11.8 Å². The lowest BCUT2D eigenvalue weighted by atomic mass is 10.2. The second-order valence-electron chi connectivity index (χ2n) is 5.56. The van der Waals surface area contributed by atoms with Crippen molar-refractivity contribution in [3.8, 4) is 22.8 Å². The summed E-state index contributed by atoms with van der Waals surface area (Å²) in [6.45, 7) is 5.05. The minimum absolute atomic E-state index is 0.622. The maximum absolute atomic E-state index is 5.83. The minimum atomic E-state index is 0.622. The van der Waals surface area contributed by atoms with Gasteiger partial charge < -0.3 is 13.9 Å². The van der Waals surface area contributed by atoms with Crippen molar-refractivity contribution in [3.05, 3.63) is 73.6 Å². The highest BCUT2D eigenvalue weighted by molar-refractivity contribution is 7.98. The summed E-state index contributed by atoms with van der Waals surface area (Å²) in [4.78, 5) is 4.35. The fourth-order valence-corrected chi connectivity index (χ4v) is 2.96. The van der Waals surface area contributed by atoms with Crippen molar-refractivity contribution in [2.75, 3.05) is 19.0 Å². The van der Waals surface area contributed by atoms with E-state index in [-0.39, 0.29) is 0 Å². The Kier molecular flexibility index (Phi) is 7.02. The van der Waals surface area contributed by atoms with Crippen LogP contribution in [0, 0.1) is 6.92 Å². The highest BCUT2D eigenvalue weighted by atomic mass is 32.2. The standard InChI is InChI=1S/C21H22NO3S/c1-2-12-23-19-10-8-17(9-11-19)20-15-22-21(25-20)16-26-14-13-24-18-6-4-3-5-7-18/h3-11,15H,1-2,12-14,16H2. The van der Waals surface area contributed by atoms with E-state index in [2.05, 4.69) is 11.9 Å². The Morgan fingerprint density at radius 3 is 2.42 bits per heavy atom. The van der Waals surface area contributed by atoms with Crippen molar-refractivity contribution in [1.29, 1.82) is 0 Å². The fraction of sp³-hybridized carbons (Fsp3) is 0.238. The number of nitrogens with zero attached hydrogens (tertiary/aromatic N) is 1. The van der Waals surface area contributed by atoms with Gasteiger partial charge in [0.05, 0.1) is 25.2 Å². The number of rotatable bonds is 10. The maximum Gasteiger partial charge on any atom is 0.204 e. The Balaban J connectivity index is 1.43. The smallest absolute Gasteiger partial charge is 0.204 e. The lowest BCUT2D eigenvalue weighted by molar-refractivity contribution is 0.324. The third-order valence-electron chi connectivity index (χ3n) is 3.57. The van der Waals surface area contributed by atoms with Crippen LogP contribution >= 0.6 is 11.8 Å². The Morgan fingerprint density at radius 1 is 0.923 bits per heavy atom. The lowest BCUT2D eigenvalue weighted by Crippen LogP contribution is -2.00. The number of oxazole rings is 1. The van der Waals surface area contributed by atoms with Crippen LogP contribution in [0.5, 0.6) is 11.5 Å². The molecule has 0 unspecified atom stereocenters. The summed E-state index contributed by atoms with van der Waals surface area (Å²) in [5.74, 6) is 4.83. The number of hydrogen-bond acceptors (Lipinski definition) is 5. The average molecular weight is 368 g/mol. The zero-order valence-corrected chi connectivity index (χ0v) is 15.4. The van der Waals surface area contributed by atoms with Gasteiger partial charge in [-0.25, -0.2) is 4.98 Å². The molecule has 0 aliphatic carbocycles. The average Bonchev–Trinajstić information content (AvgIpc) is 3.16. The molecule has 3 rings (SSSR count). The summed E-state index contributed by atoms with van der Waals surface area (Å²) in [5.41, 5.74) is 0.989. The topological polar surface area (TPSA) is 44.5 Å². The molecule has 0 saturated carbocycles. The van der Waals surface area contributed by atoms with Gasteiger partial charge >= 0.3 is 0 Å². The van der Waals surface area contributed by atoms with E-state index >= 15 is 0 Å². The van der Waals surface area contributed by atoms with E-state index in [9.17, 15) is 0 Å². The van der Waals surface area contributed by atoms with E-state index in [0.717, 1.165) is 46.6 Å². The Labute approximate surface area is 158 Å². The van der Waals surface area contributed by atoms with Crippen LogP contribution in [0.15, 0.2) is 65.2 Å². The molecule has 1 radical (unpaired) electrons. The van der Waals surface area contributed by atoms with Gasteiger partial charge in [0.15, 0.2) is 5.76 Å². The van der Waals surface area contributed by atoms with Crippen molar-refractivity contribution in [2.45, 2.75) is 12.2 Å². The van der Waals surface area contributed by atoms with E-state index in [1.165, 1.54) is 0 Å². The molecule has 26 heavy (non-hydrogen) atoms. The first kappa shape index (κ1) is 18.4. The number of ether oxygens (including phenoxy) is 2. The van der Waals surface area contributed by atoms with Crippen LogP contribution in [0.1, 0.15) is 12.3 Å². The predicted octanol–water partition coefficient (Wildman–Crippen LogP) is 5.26. The van der Waals surface area contributed by atoms with Gasteiger partial charge in [0, 0.05) is 11.3 Å². The van der Waals surface area contributed by atoms with E-state index in [4.69, 9.17) is 13.9 Å². The fourth-order valence-electron chi connectivity index (χ4n) is 2.31. The number of thioether (sulfide) groups is 1. The first-order chi connectivity index (χ1) is 12.8. The van der Waals surface area contributed by atoms with Gasteiger partial charge in [-0.1, -0.05) is 18.2 Å². The van der Waals surface area contributed by atoms with Gasteiger partial charge in [-0.15, -0.1) is 11.8 Å². The largest absolute Gasteiger partial charge is 0.494 e. The SMILES string of the molecule is [CH2]CCOc1ccc(-c2cnc(CSCCOc3ccccc3)o2)cc1. The molecule has 135 valence electrons. The summed E-state index contributed by atoms with van der Waals surface area (Å²) < 4.78 is 17.0. The zero-order valence-electron chi connectivity index (χ0n) is 14.6. The Bertz CT molecular complexity index is 771. The van der Waals surface area contributed by atoms with Crippen molar-refractivity contribution in [3.63, 3.8) is 0 Å². The molecule has 0 amide bonds. The number of hydrogen-bond donors (Lipinski definition) is 0. The predicted molar refractivity (Wildman–Crippen MR) is 106 cm³/mol. The van der Waals surface area contributed by atoms with Crippen molar-refractivity contribution < 1.29 is 13.9 Å². The van der Waals surface area contributed by atoms with Crippen LogP contribution < -0.4 is 9.47 Å². The van der Waals surface area contributed by atoms with Crippen LogP contribution in [-0.4, -0.2) is 24.0 Å². The van der Waals surface area contributed by atoms with Gasteiger partial charge in [-0.2, -0.15) is 0 Å². The van der Waals surface area contributed by atoms with Gasteiger partial charge in [-0.3, -0.25) is 0 Å². The molecule has 1 aromatic heterocycles. The van der Waals surface area contributed by atoms with Crippen LogP contribution in [0.25, 0.3) is 11.3 Å². The molecule has 0 saturated heterocycles. The van der Waals surface area contributed by atoms with Gasteiger partial charge in [-0.05, 0) is 49.7 Å². The van der Waals surface area contributed by atoms with Crippen LogP contribution in [0.3, 0.4) is 0 Å². The van der Waals surface area contributed by atoms with Gasteiger partial charge in [0.2, 0.25) is 5.89 Å². The molecule has 0 N–H and O–H groups in total. The molecule has 3 aromatic rings. The molecule has 1 heterocycles. The lowest BCUT2D eigenvalue weighted by Gasteiger charge is -2.05. The minimum Gasteiger partial charge on any atom is -0.494 e. The van der Waals surface area contributed by atoms with Crippen LogP contribution in [0.4, 0.5) is 0 Å². The second kappa shape index (κ2) is 9.92. The molecule has 0 aliphatic rings. The summed E-state index contributed by atoms with van der Waals surface area (Å²) in [5, 5.41) is 0. The normalized spacial score (nSPS) is 10.7. The third kappa shape index (κ3) is 5.56. The van der Waals surface area contributed by atoms with Crippen LogP contribution in [-0.2, 0) is 5.75 Å². The van der Waals surface area contributed by atoms with E-state index < -0.39 is 0 Å². The monoisotopic (exact) mass is 368 g/mol. The van der Waals surface area contributed by atoms with Gasteiger partial charge in [0.25, 0.3) is 0 Å². The first-order valence-electron chi connectivity index (χ1n) is 8.58. The summed E-state index contributed by atoms with van der Waals surface area (Å²) in [7, 11) is 0. The quantitative estimate of drug-likeness (QED) is 0.457. The van der Waals surface area contributed by atoms with Crippen molar-refractivity contribution in [2.24, 2.45) is 0 Å². The van der Waals surface area contributed by atoms with E-state index in [1.54, 1.807) is 18.0 Å². The number of benzene rings is 2. The summed E-state index contributed by atoms with van der Waals surface area (Å²) >= 11 is 1.74. The molecule has 0 atom stereocenters. The summed E-state index contributed by atoms with van der Waals surface area (Å²) in [6, 6.07) is 17.7. The molecule has 2 aromatic carbocycles. The number of para-hydroxylation sites is 1. The van der Waals surface area contributed by atoms with Crippen molar-refractivity contribution in [1.82, 2.24) is 4.98 Å². The maximum atomic E-state index is 5.83. The molecular formula is C21H22NO3S. The molecule has 5 heteroatoms.